The number of imidazole rings is 1. The molecule has 0 fully saturated rings. The van der Waals surface area contributed by atoms with E-state index in [-0.39, 0.29) is 17.3 Å². The van der Waals surface area contributed by atoms with Crippen molar-refractivity contribution >= 4 is 11.8 Å². The van der Waals surface area contributed by atoms with Crippen LogP contribution in [0.1, 0.15) is 16.1 Å². The number of methoxy groups -OCH3 is 1. The number of anilines is 1. The number of benzene rings is 1. The van der Waals surface area contributed by atoms with Crippen LogP contribution in [-0.2, 0) is 4.74 Å². The summed E-state index contributed by atoms with van der Waals surface area (Å²) < 4.78 is 19.4. The Balaban J connectivity index is 2.48. The molecule has 2 rings (SSSR count). The van der Waals surface area contributed by atoms with Crippen LogP contribution < -0.4 is 5.73 Å². The van der Waals surface area contributed by atoms with Crippen molar-refractivity contribution in [3.63, 3.8) is 0 Å². The van der Waals surface area contributed by atoms with Gasteiger partial charge < -0.3 is 10.5 Å². The first kappa shape index (κ1) is 12.1. The van der Waals surface area contributed by atoms with Crippen molar-refractivity contribution in [2.45, 2.75) is 6.92 Å². The van der Waals surface area contributed by atoms with E-state index in [1.54, 1.807) is 19.1 Å². The Morgan fingerprint density at radius 3 is 2.83 bits per heavy atom. The Morgan fingerprint density at radius 2 is 2.22 bits per heavy atom. The minimum atomic E-state index is -0.626. The zero-order valence-electron chi connectivity index (χ0n) is 9.98. The van der Waals surface area contributed by atoms with E-state index in [4.69, 9.17) is 5.73 Å². The summed E-state index contributed by atoms with van der Waals surface area (Å²) in [5.41, 5.74) is 6.82. The van der Waals surface area contributed by atoms with Crippen LogP contribution in [0.15, 0.2) is 24.5 Å². The third-order valence-corrected chi connectivity index (χ3v) is 2.62. The number of nitrogens with two attached hydrogens (primary N) is 1. The first-order valence-electron chi connectivity index (χ1n) is 5.22. The van der Waals surface area contributed by atoms with Gasteiger partial charge in [-0.25, -0.2) is 14.2 Å². The molecule has 0 aliphatic carbocycles. The molecule has 0 saturated heterocycles. The summed E-state index contributed by atoms with van der Waals surface area (Å²) in [6.07, 6.45) is 1.35. The molecule has 5 nitrogen and oxygen atoms in total. The number of carbonyl (C=O) groups excluding carboxylic acids is 1. The maximum absolute atomic E-state index is 13.5. The van der Waals surface area contributed by atoms with E-state index in [1.165, 1.54) is 24.1 Å². The molecule has 0 aliphatic rings. The number of halogens is 1. The number of hydrogen-bond donors (Lipinski definition) is 1. The molecule has 1 aromatic carbocycles. The highest BCUT2D eigenvalue weighted by Gasteiger charge is 2.17. The number of aryl methyl sites for hydroxylation is 1. The first-order chi connectivity index (χ1) is 8.54. The van der Waals surface area contributed by atoms with Crippen LogP contribution >= 0.6 is 0 Å². The van der Waals surface area contributed by atoms with Gasteiger partial charge in [0.25, 0.3) is 0 Å². The van der Waals surface area contributed by atoms with Gasteiger partial charge in [-0.3, -0.25) is 4.57 Å². The Hall–Kier alpha value is -2.37. The summed E-state index contributed by atoms with van der Waals surface area (Å²) in [6, 6.07) is 4.65. The van der Waals surface area contributed by atoms with E-state index in [1.807, 2.05) is 0 Å². The minimum absolute atomic E-state index is 0.0125. The summed E-state index contributed by atoms with van der Waals surface area (Å²) in [6.45, 7) is 1.66. The number of nitrogen functional groups attached to an aromatic ring is 1. The highest BCUT2D eigenvalue weighted by Crippen LogP contribution is 2.19. The number of esters is 1. The van der Waals surface area contributed by atoms with Gasteiger partial charge in [-0.2, -0.15) is 0 Å². The van der Waals surface area contributed by atoms with Gasteiger partial charge in [0, 0.05) is 0 Å². The van der Waals surface area contributed by atoms with Crippen LogP contribution in [-0.4, -0.2) is 22.6 Å². The standard InChI is InChI=1S/C12H12FN3O2/c1-7-3-4-8(5-9(7)13)16-6-15-10(11(16)14)12(17)18-2/h3-6H,14H2,1-2H3. The van der Waals surface area contributed by atoms with Gasteiger partial charge in [-0.15, -0.1) is 0 Å². The highest BCUT2D eigenvalue weighted by molar-refractivity contribution is 5.92. The average Bonchev–Trinajstić information content (AvgIpc) is 2.74. The summed E-state index contributed by atoms with van der Waals surface area (Å²) in [5.74, 6) is -0.857. The lowest BCUT2D eigenvalue weighted by atomic mass is 10.2. The van der Waals surface area contributed by atoms with Crippen LogP contribution in [0, 0.1) is 12.7 Å². The van der Waals surface area contributed by atoms with E-state index in [2.05, 4.69) is 9.72 Å². The van der Waals surface area contributed by atoms with Crippen molar-refractivity contribution in [1.29, 1.82) is 0 Å². The molecule has 18 heavy (non-hydrogen) atoms. The maximum Gasteiger partial charge on any atom is 0.360 e. The first-order valence-corrected chi connectivity index (χ1v) is 5.22. The summed E-state index contributed by atoms with van der Waals surface area (Å²) >= 11 is 0. The molecule has 6 heteroatoms. The minimum Gasteiger partial charge on any atom is -0.464 e. The quantitative estimate of drug-likeness (QED) is 0.822. The topological polar surface area (TPSA) is 70.1 Å². The van der Waals surface area contributed by atoms with Gasteiger partial charge in [0.1, 0.15) is 18.0 Å². The number of nitrogens with zero attached hydrogens (tertiary/aromatic N) is 2. The van der Waals surface area contributed by atoms with E-state index in [0.717, 1.165) is 0 Å². The van der Waals surface area contributed by atoms with Crippen molar-refractivity contribution in [2.75, 3.05) is 12.8 Å². The molecule has 2 N–H and O–H groups in total. The van der Waals surface area contributed by atoms with E-state index < -0.39 is 5.97 Å². The van der Waals surface area contributed by atoms with Crippen LogP contribution in [0.5, 0.6) is 0 Å². The molecule has 0 atom stereocenters. The van der Waals surface area contributed by atoms with Gasteiger partial charge in [-0.1, -0.05) is 6.07 Å². The lowest BCUT2D eigenvalue weighted by Crippen LogP contribution is -2.07. The lowest BCUT2D eigenvalue weighted by Gasteiger charge is -2.06. The number of rotatable bonds is 2. The summed E-state index contributed by atoms with van der Waals surface area (Å²) in [5, 5.41) is 0. The molecule has 0 aliphatic heterocycles. The maximum atomic E-state index is 13.5. The fourth-order valence-electron chi connectivity index (χ4n) is 1.55. The van der Waals surface area contributed by atoms with Crippen molar-refractivity contribution in [3.8, 4) is 5.69 Å². The molecule has 94 valence electrons. The third-order valence-electron chi connectivity index (χ3n) is 2.62. The van der Waals surface area contributed by atoms with Crippen molar-refractivity contribution in [3.05, 3.63) is 41.6 Å². The molecule has 0 radical (unpaired) electrons. The van der Waals surface area contributed by atoms with Crippen LogP contribution in [0.25, 0.3) is 5.69 Å². The molecule has 1 heterocycles. The van der Waals surface area contributed by atoms with Crippen molar-refractivity contribution in [1.82, 2.24) is 9.55 Å². The molecule has 1 aromatic heterocycles. The number of ether oxygens (including phenoxy) is 1. The fourth-order valence-corrected chi connectivity index (χ4v) is 1.55. The SMILES string of the molecule is COC(=O)c1ncn(-c2ccc(C)c(F)c2)c1N. The molecule has 2 aromatic rings. The average molecular weight is 249 g/mol. The van der Waals surface area contributed by atoms with E-state index >= 15 is 0 Å². The molecule has 0 spiro atoms. The van der Waals surface area contributed by atoms with Gasteiger partial charge in [0.05, 0.1) is 12.8 Å². The van der Waals surface area contributed by atoms with Crippen LogP contribution in [0.4, 0.5) is 10.2 Å². The molecule has 0 bridgehead atoms. The molecule has 0 saturated carbocycles. The fraction of sp³-hybridized carbons (Fsp3) is 0.167. The van der Waals surface area contributed by atoms with Gasteiger partial charge in [-0.05, 0) is 24.6 Å². The predicted octanol–water partition coefficient (Wildman–Crippen LogP) is 1.69. The van der Waals surface area contributed by atoms with E-state index in [9.17, 15) is 9.18 Å². The molecule has 0 unspecified atom stereocenters. The second kappa shape index (κ2) is 4.48. The van der Waals surface area contributed by atoms with Gasteiger partial charge >= 0.3 is 5.97 Å². The third kappa shape index (κ3) is 1.92. The second-order valence-electron chi connectivity index (χ2n) is 3.77. The Bertz CT molecular complexity index is 607. The predicted molar refractivity (Wildman–Crippen MR) is 64.0 cm³/mol. The molecule has 0 amide bonds. The normalized spacial score (nSPS) is 10.4. The zero-order chi connectivity index (χ0) is 13.3. The largest absolute Gasteiger partial charge is 0.464 e. The zero-order valence-corrected chi connectivity index (χ0v) is 9.98. The number of carbonyl (C=O) groups is 1. The van der Waals surface area contributed by atoms with Gasteiger partial charge in [0.2, 0.25) is 0 Å². The molecular weight excluding hydrogens is 237 g/mol. The van der Waals surface area contributed by atoms with Crippen molar-refractivity contribution < 1.29 is 13.9 Å². The summed E-state index contributed by atoms with van der Waals surface area (Å²) in [7, 11) is 1.24. The van der Waals surface area contributed by atoms with Crippen LogP contribution in [0.3, 0.4) is 0 Å². The summed E-state index contributed by atoms with van der Waals surface area (Å²) in [4.78, 5) is 15.2. The lowest BCUT2D eigenvalue weighted by molar-refractivity contribution is 0.0596. The van der Waals surface area contributed by atoms with Gasteiger partial charge in [0.15, 0.2) is 5.69 Å². The highest BCUT2D eigenvalue weighted by atomic mass is 19.1. The monoisotopic (exact) mass is 249 g/mol. The van der Waals surface area contributed by atoms with Crippen LogP contribution in [0.2, 0.25) is 0 Å². The smallest absolute Gasteiger partial charge is 0.360 e. The Morgan fingerprint density at radius 1 is 1.50 bits per heavy atom. The number of aromatic nitrogens is 2. The number of hydrogen-bond acceptors (Lipinski definition) is 4. The second-order valence-corrected chi connectivity index (χ2v) is 3.77. The van der Waals surface area contributed by atoms with Crippen molar-refractivity contribution in [2.24, 2.45) is 0 Å². The van der Waals surface area contributed by atoms with E-state index in [0.29, 0.717) is 11.3 Å². The Labute approximate surface area is 103 Å². The molecular formula is C12H12FN3O2. The Kier molecular flexibility index (Phi) is 3.01.